The van der Waals surface area contributed by atoms with E-state index in [0.29, 0.717) is 5.92 Å². The second kappa shape index (κ2) is 13.7. The molecule has 0 spiro atoms. The lowest BCUT2D eigenvalue weighted by molar-refractivity contribution is -0.123. The van der Waals surface area contributed by atoms with E-state index in [0.717, 1.165) is 42.2 Å². The van der Waals surface area contributed by atoms with Gasteiger partial charge in [-0.2, -0.15) is 0 Å². The SMILES string of the molecule is COCCN1CCC(CN(C)c2ccnc3cc(Cl)ccc23)C1.O=CO.O=CO. The highest BCUT2D eigenvalue weighted by Gasteiger charge is 2.23. The molecule has 8 nitrogen and oxygen atoms in total. The van der Waals surface area contributed by atoms with Crippen molar-refractivity contribution in [2.24, 2.45) is 5.92 Å². The smallest absolute Gasteiger partial charge is 0.290 e. The molecule has 2 heterocycles. The molecule has 0 radical (unpaired) electrons. The van der Waals surface area contributed by atoms with Crippen LogP contribution in [0.2, 0.25) is 5.02 Å². The molecule has 1 aliphatic heterocycles. The lowest BCUT2D eigenvalue weighted by Gasteiger charge is -2.24. The molecule has 1 saturated heterocycles. The van der Waals surface area contributed by atoms with Crippen molar-refractivity contribution in [1.29, 1.82) is 0 Å². The summed E-state index contributed by atoms with van der Waals surface area (Å²) in [7, 11) is 3.93. The van der Waals surface area contributed by atoms with Gasteiger partial charge in [-0.3, -0.25) is 14.6 Å². The molecule has 29 heavy (non-hydrogen) atoms. The van der Waals surface area contributed by atoms with Gasteiger partial charge in [0.25, 0.3) is 12.9 Å². The first-order valence-corrected chi connectivity index (χ1v) is 9.50. The number of methoxy groups -OCH3 is 1. The van der Waals surface area contributed by atoms with Gasteiger partial charge >= 0.3 is 0 Å². The van der Waals surface area contributed by atoms with E-state index in [4.69, 9.17) is 36.1 Å². The Kier molecular flexibility index (Phi) is 11.6. The number of fused-ring (bicyclic) bond motifs is 1. The Labute approximate surface area is 175 Å². The first kappa shape index (κ1) is 24.6. The zero-order valence-electron chi connectivity index (χ0n) is 16.7. The predicted molar refractivity (Wildman–Crippen MR) is 114 cm³/mol. The summed E-state index contributed by atoms with van der Waals surface area (Å²) >= 11 is 6.08. The maximum atomic E-state index is 8.36. The number of carbonyl (C=O) groups is 2. The molecule has 0 bridgehead atoms. The van der Waals surface area contributed by atoms with Crippen LogP contribution < -0.4 is 4.90 Å². The number of pyridine rings is 1. The first-order valence-electron chi connectivity index (χ1n) is 9.13. The number of carboxylic acid groups (broad SMARTS) is 2. The molecule has 0 aliphatic carbocycles. The van der Waals surface area contributed by atoms with Crippen molar-refractivity contribution in [3.8, 4) is 0 Å². The summed E-state index contributed by atoms with van der Waals surface area (Å²) in [5.74, 6) is 0.701. The van der Waals surface area contributed by atoms with E-state index in [9.17, 15) is 0 Å². The summed E-state index contributed by atoms with van der Waals surface area (Å²) < 4.78 is 5.18. The summed E-state index contributed by atoms with van der Waals surface area (Å²) in [5, 5.41) is 15.7. The van der Waals surface area contributed by atoms with Crippen LogP contribution in [0.3, 0.4) is 0 Å². The van der Waals surface area contributed by atoms with Crippen LogP contribution in [-0.4, -0.2) is 80.0 Å². The van der Waals surface area contributed by atoms with Crippen molar-refractivity contribution in [2.45, 2.75) is 6.42 Å². The number of rotatable bonds is 6. The van der Waals surface area contributed by atoms with Crippen LogP contribution in [0.25, 0.3) is 10.9 Å². The Hall–Kier alpha value is -2.42. The van der Waals surface area contributed by atoms with E-state index in [2.05, 4.69) is 34.0 Å². The molecule has 2 aromatic rings. The summed E-state index contributed by atoms with van der Waals surface area (Å²) in [5.41, 5.74) is 2.18. The van der Waals surface area contributed by atoms with Gasteiger partial charge in [0, 0.05) is 56.1 Å². The Morgan fingerprint density at radius 1 is 1.31 bits per heavy atom. The summed E-state index contributed by atoms with van der Waals surface area (Å²) in [4.78, 5) is 26.0. The minimum absolute atomic E-state index is 0.250. The van der Waals surface area contributed by atoms with E-state index in [-0.39, 0.29) is 12.9 Å². The van der Waals surface area contributed by atoms with Gasteiger partial charge in [-0.05, 0) is 43.1 Å². The van der Waals surface area contributed by atoms with Gasteiger partial charge in [0.15, 0.2) is 0 Å². The number of hydrogen-bond donors (Lipinski definition) is 2. The number of nitrogens with zero attached hydrogens (tertiary/aromatic N) is 3. The van der Waals surface area contributed by atoms with Crippen molar-refractivity contribution in [3.05, 3.63) is 35.5 Å². The minimum atomic E-state index is -0.250. The number of likely N-dealkylation sites (tertiary alicyclic amines) is 1. The van der Waals surface area contributed by atoms with Crippen LogP contribution >= 0.6 is 11.6 Å². The van der Waals surface area contributed by atoms with E-state index >= 15 is 0 Å². The molecule has 0 saturated carbocycles. The standard InChI is InChI=1S/C18H24ClN3O.2CH2O2/c1-21(12-14-6-8-22(13-14)9-10-23-2)18-5-7-20-17-11-15(19)3-4-16(17)18;2*2-1-3/h3-5,7,11,14H,6,8-10,12-13H2,1-2H3;2*1H,(H,2,3). The second-order valence-corrected chi connectivity index (χ2v) is 6.97. The fourth-order valence-electron chi connectivity index (χ4n) is 3.41. The zero-order chi connectivity index (χ0) is 21.6. The van der Waals surface area contributed by atoms with Crippen LogP contribution in [0.1, 0.15) is 6.42 Å². The third kappa shape index (κ3) is 8.23. The van der Waals surface area contributed by atoms with Crippen LogP contribution in [0.4, 0.5) is 5.69 Å². The van der Waals surface area contributed by atoms with Crippen LogP contribution in [0.5, 0.6) is 0 Å². The van der Waals surface area contributed by atoms with Crippen molar-refractivity contribution < 1.29 is 24.5 Å². The van der Waals surface area contributed by atoms with Crippen LogP contribution in [0.15, 0.2) is 30.5 Å². The maximum absolute atomic E-state index is 8.36. The van der Waals surface area contributed by atoms with E-state index in [1.807, 2.05) is 18.3 Å². The highest BCUT2D eigenvalue weighted by atomic mass is 35.5. The van der Waals surface area contributed by atoms with E-state index in [1.54, 1.807) is 7.11 Å². The Morgan fingerprint density at radius 2 is 2.00 bits per heavy atom. The molecule has 1 aliphatic rings. The molecule has 1 aromatic carbocycles. The number of anilines is 1. The molecule has 160 valence electrons. The maximum Gasteiger partial charge on any atom is 0.290 e. The number of ether oxygens (including phenoxy) is 1. The van der Waals surface area contributed by atoms with Crippen LogP contribution in [-0.2, 0) is 14.3 Å². The summed E-state index contributed by atoms with van der Waals surface area (Å²) in [6.07, 6.45) is 3.12. The topological polar surface area (TPSA) is 103 Å². The van der Waals surface area contributed by atoms with Gasteiger partial charge in [-0.25, -0.2) is 0 Å². The predicted octanol–water partition coefficient (Wildman–Crippen LogP) is 2.69. The fourth-order valence-corrected chi connectivity index (χ4v) is 3.58. The molecule has 1 fully saturated rings. The highest BCUT2D eigenvalue weighted by molar-refractivity contribution is 6.31. The van der Waals surface area contributed by atoms with Gasteiger partial charge in [0.2, 0.25) is 0 Å². The van der Waals surface area contributed by atoms with Crippen LogP contribution in [0, 0.1) is 5.92 Å². The normalized spacial score (nSPS) is 15.6. The third-order valence-corrected chi connectivity index (χ3v) is 4.84. The van der Waals surface area contributed by atoms with Crippen molar-refractivity contribution in [3.63, 3.8) is 0 Å². The molecule has 2 N–H and O–H groups in total. The van der Waals surface area contributed by atoms with Gasteiger partial charge in [-0.1, -0.05) is 11.6 Å². The van der Waals surface area contributed by atoms with Crippen molar-refractivity contribution in [2.75, 3.05) is 51.8 Å². The molecule has 1 aromatic heterocycles. The molecule has 9 heteroatoms. The fraction of sp³-hybridized carbons (Fsp3) is 0.450. The van der Waals surface area contributed by atoms with Gasteiger partial charge in [-0.15, -0.1) is 0 Å². The number of hydrogen-bond acceptors (Lipinski definition) is 6. The molecule has 0 amide bonds. The van der Waals surface area contributed by atoms with E-state index in [1.165, 1.54) is 18.7 Å². The average Bonchev–Trinajstić information content (AvgIpc) is 3.14. The Bertz CT molecular complexity index is 756. The van der Waals surface area contributed by atoms with Crippen molar-refractivity contribution in [1.82, 2.24) is 9.88 Å². The Morgan fingerprint density at radius 3 is 2.66 bits per heavy atom. The summed E-state index contributed by atoms with van der Waals surface area (Å²) in [6, 6.07) is 8.02. The molecule has 3 rings (SSSR count). The summed E-state index contributed by atoms with van der Waals surface area (Å²) in [6.45, 7) is 4.74. The average molecular weight is 426 g/mol. The monoisotopic (exact) mass is 425 g/mol. The third-order valence-electron chi connectivity index (χ3n) is 4.61. The van der Waals surface area contributed by atoms with Crippen molar-refractivity contribution >= 4 is 41.1 Å². The Balaban J connectivity index is 0.000000626. The highest BCUT2D eigenvalue weighted by Crippen LogP contribution is 2.28. The lowest BCUT2D eigenvalue weighted by atomic mass is 10.1. The van der Waals surface area contributed by atoms with E-state index < -0.39 is 0 Å². The molecule has 1 atom stereocenters. The second-order valence-electron chi connectivity index (χ2n) is 6.53. The number of benzene rings is 1. The lowest BCUT2D eigenvalue weighted by Crippen LogP contribution is -2.29. The zero-order valence-corrected chi connectivity index (χ0v) is 17.5. The van der Waals surface area contributed by atoms with Gasteiger partial charge in [0.1, 0.15) is 0 Å². The quantitative estimate of drug-likeness (QED) is 0.681. The molecule has 1 unspecified atom stereocenters. The molecular formula is C20H28ClN3O5. The van der Waals surface area contributed by atoms with Gasteiger partial charge in [0.05, 0.1) is 12.1 Å². The minimum Gasteiger partial charge on any atom is -0.483 e. The largest absolute Gasteiger partial charge is 0.483 e. The molecular weight excluding hydrogens is 398 g/mol. The van der Waals surface area contributed by atoms with Gasteiger partial charge < -0.3 is 24.7 Å². The number of aromatic nitrogens is 1. The first-order chi connectivity index (χ1) is 14.0. The number of halogens is 1.